The molecule has 33 heavy (non-hydrogen) atoms. The number of benzene rings is 2. The Balaban J connectivity index is 1.26. The summed E-state index contributed by atoms with van der Waals surface area (Å²) in [5.41, 5.74) is 3.02. The van der Waals surface area contributed by atoms with E-state index < -0.39 is 10.0 Å². The number of aryl methyl sites for hydroxylation is 1. The van der Waals surface area contributed by atoms with Gasteiger partial charge in [-0.15, -0.1) is 10.2 Å². The third-order valence-electron chi connectivity index (χ3n) is 5.49. The van der Waals surface area contributed by atoms with Crippen molar-refractivity contribution in [2.24, 2.45) is 5.92 Å². The number of amides is 1. The number of thioether (sulfide) groups is 1. The van der Waals surface area contributed by atoms with Crippen LogP contribution in [0.3, 0.4) is 0 Å². The van der Waals surface area contributed by atoms with Gasteiger partial charge in [-0.05, 0) is 30.9 Å². The number of anilines is 1. The Morgan fingerprint density at radius 1 is 1.09 bits per heavy atom. The Morgan fingerprint density at radius 2 is 1.82 bits per heavy atom. The first-order valence-electron chi connectivity index (χ1n) is 10.7. The summed E-state index contributed by atoms with van der Waals surface area (Å²) in [5.74, 6) is 0.416. The molecule has 4 rings (SSSR count). The van der Waals surface area contributed by atoms with Gasteiger partial charge in [-0.3, -0.25) is 4.79 Å². The lowest BCUT2D eigenvalue weighted by Crippen LogP contribution is -2.41. The number of hydrogen-bond donors (Lipinski definition) is 1. The number of sulfonamides is 1. The van der Waals surface area contributed by atoms with Crippen molar-refractivity contribution in [2.45, 2.75) is 35.6 Å². The van der Waals surface area contributed by atoms with Gasteiger partial charge in [0.05, 0.1) is 5.75 Å². The molecule has 0 unspecified atom stereocenters. The summed E-state index contributed by atoms with van der Waals surface area (Å²) in [6, 6.07) is 17.6. The highest BCUT2D eigenvalue weighted by atomic mass is 32.2. The van der Waals surface area contributed by atoms with E-state index in [1.54, 1.807) is 11.8 Å². The Labute approximate surface area is 202 Å². The molecular weight excluding hydrogens is 476 g/mol. The fourth-order valence-electron chi connectivity index (χ4n) is 3.75. The maximum absolute atomic E-state index is 12.8. The number of nitrogens with one attached hydrogen (secondary N) is 1. The lowest BCUT2D eigenvalue weighted by molar-refractivity contribution is -0.120. The van der Waals surface area contributed by atoms with Crippen molar-refractivity contribution in [3.8, 4) is 0 Å². The predicted molar refractivity (Wildman–Crippen MR) is 133 cm³/mol. The predicted octanol–water partition coefficient (Wildman–Crippen LogP) is 4.32. The van der Waals surface area contributed by atoms with Crippen molar-refractivity contribution in [3.63, 3.8) is 0 Å². The summed E-state index contributed by atoms with van der Waals surface area (Å²) in [5, 5.41) is 11.6. The van der Waals surface area contributed by atoms with Gasteiger partial charge in [-0.1, -0.05) is 83.3 Å². The standard InChI is InChI=1S/C23H26N4O3S3/c1-17-6-5-9-19(14-17)16-33(29,30)27-12-10-20(11-13-27)21(28)24-22-25-26-23(32-22)31-15-18-7-3-2-4-8-18/h2-9,14,20H,10-13,15-16H2,1H3,(H,24,25,28). The van der Waals surface area contributed by atoms with Crippen LogP contribution in [0.4, 0.5) is 5.13 Å². The number of rotatable bonds is 8. The van der Waals surface area contributed by atoms with Crippen LogP contribution in [0.5, 0.6) is 0 Å². The van der Waals surface area contributed by atoms with Gasteiger partial charge in [0.2, 0.25) is 21.1 Å². The van der Waals surface area contributed by atoms with Gasteiger partial charge < -0.3 is 5.32 Å². The van der Waals surface area contributed by atoms with Crippen LogP contribution < -0.4 is 5.32 Å². The Kier molecular flexibility index (Phi) is 7.79. The molecule has 1 fully saturated rings. The number of hydrogen-bond acceptors (Lipinski definition) is 7. The van der Waals surface area contributed by atoms with Crippen molar-refractivity contribution in [2.75, 3.05) is 18.4 Å². The molecule has 1 saturated heterocycles. The molecule has 2 heterocycles. The summed E-state index contributed by atoms with van der Waals surface area (Å²) < 4.78 is 27.9. The lowest BCUT2D eigenvalue weighted by Gasteiger charge is -2.30. The highest BCUT2D eigenvalue weighted by molar-refractivity contribution is 8.00. The molecule has 0 aliphatic carbocycles. The van der Waals surface area contributed by atoms with E-state index in [-0.39, 0.29) is 17.6 Å². The Morgan fingerprint density at radius 3 is 2.55 bits per heavy atom. The zero-order chi connectivity index (χ0) is 23.3. The smallest absolute Gasteiger partial charge is 0.229 e. The van der Waals surface area contributed by atoms with Crippen molar-refractivity contribution in [3.05, 3.63) is 71.3 Å². The van der Waals surface area contributed by atoms with Gasteiger partial charge in [-0.25, -0.2) is 12.7 Å². The van der Waals surface area contributed by atoms with E-state index in [4.69, 9.17) is 0 Å². The van der Waals surface area contributed by atoms with E-state index in [0.29, 0.717) is 31.1 Å². The molecule has 3 aromatic rings. The van der Waals surface area contributed by atoms with Crippen LogP contribution in [-0.4, -0.2) is 41.9 Å². The normalized spacial score (nSPS) is 15.4. The van der Waals surface area contributed by atoms with Gasteiger partial charge >= 0.3 is 0 Å². The van der Waals surface area contributed by atoms with Crippen molar-refractivity contribution >= 4 is 44.2 Å². The molecule has 174 valence electrons. The van der Waals surface area contributed by atoms with Crippen molar-refractivity contribution < 1.29 is 13.2 Å². The third-order valence-corrected chi connectivity index (χ3v) is 9.38. The highest BCUT2D eigenvalue weighted by Crippen LogP contribution is 2.29. The molecule has 0 atom stereocenters. The van der Waals surface area contributed by atoms with Gasteiger partial charge in [0.25, 0.3) is 0 Å². The highest BCUT2D eigenvalue weighted by Gasteiger charge is 2.31. The van der Waals surface area contributed by atoms with Gasteiger partial charge in [-0.2, -0.15) is 0 Å². The summed E-state index contributed by atoms with van der Waals surface area (Å²) in [6.07, 6.45) is 0.987. The minimum Gasteiger partial charge on any atom is -0.300 e. The third kappa shape index (κ3) is 6.63. The molecule has 1 aliphatic heterocycles. The van der Waals surface area contributed by atoms with Crippen LogP contribution in [0.15, 0.2) is 58.9 Å². The molecule has 0 bridgehead atoms. The van der Waals surface area contributed by atoms with E-state index in [1.165, 1.54) is 21.2 Å². The summed E-state index contributed by atoms with van der Waals surface area (Å²) in [6.45, 7) is 2.64. The van der Waals surface area contributed by atoms with Gasteiger partial charge in [0, 0.05) is 24.8 Å². The number of carbonyl (C=O) groups excluding carboxylic acids is 1. The molecule has 0 radical (unpaired) electrons. The average Bonchev–Trinajstić information content (AvgIpc) is 3.25. The Hall–Kier alpha value is -2.27. The number of carbonyl (C=O) groups is 1. The molecule has 0 saturated carbocycles. The second-order valence-electron chi connectivity index (χ2n) is 8.06. The molecule has 1 aliphatic rings. The van der Waals surface area contributed by atoms with Gasteiger partial charge in [0.1, 0.15) is 0 Å². The first-order valence-corrected chi connectivity index (χ1v) is 14.1. The van der Waals surface area contributed by atoms with E-state index >= 15 is 0 Å². The fraction of sp³-hybridized carbons (Fsp3) is 0.348. The molecule has 1 N–H and O–H groups in total. The van der Waals surface area contributed by atoms with Crippen LogP contribution in [0.1, 0.15) is 29.5 Å². The topological polar surface area (TPSA) is 92.3 Å². The zero-order valence-electron chi connectivity index (χ0n) is 18.3. The lowest BCUT2D eigenvalue weighted by atomic mass is 9.97. The molecule has 0 spiro atoms. The average molecular weight is 503 g/mol. The molecule has 1 aromatic heterocycles. The van der Waals surface area contributed by atoms with Crippen molar-refractivity contribution in [1.82, 2.24) is 14.5 Å². The second kappa shape index (κ2) is 10.8. The SMILES string of the molecule is Cc1cccc(CS(=O)(=O)N2CCC(C(=O)Nc3nnc(SCc4ccccc4)s3)CC2)c1. The van der Waals surface area contributed by atoms with Crippen LogP contribution in [0.25, 0.3) is 0 Å². The van der Waals surface area contributed by atoms with Crippen LogP contribution in [0, 0.1) is 12.8 Å². The van der Waals surface area contributed by atoms with Crippen molar-refractivity contribution in [1.29, 1.82) is 0 Å². The van der Waals surface area contributed by atoms with Crippen LogP contribution in [0.2, 0.25) is 0 Å². The molecule has 10 heteroatoms. The molecular formula is C23H26N4O3S3. The number of piperidine rings is 1. The summed E-state index contributed by atoms with van der Waals surface area (Å²) >= 11 is 2.94. The quantitative estimate of drug-likeness (QED) is 0.364. The van der Waals surface area contributed by atoms with Gasteiger partial charge in [0.15, 0.2) is 4.34 Å². The monoisotopic (exact) mass is 502 g/mol. The van der Waals surface area contributed by atoms with E-state index in [9.17, 15) is 13.2 Å². The summed E-state index contributed by atoms with van der Waals surface area (Å²) in [4.78, 5) is 12.7. The van der Waals surface area contributed by atoms with E-state index in [1.807, 2.05) is 49.4 Å². The minimum absolute atomic E-state index is 0.0141. The molecule has 2 aromatic carbocycles. The minimum atomic E-state index is -3.41. The van der Waals surface area contributed by atoms with Crippen LogP contribution in [-0.2, 0) is 26.3 Å². The maximum atomic E-state index is 12.8. The fourth-order valence-corrected chi connectivity index (χ4v) is 7.01. The molecule has 1 amide bonds. The zero-order valence-corrected chi connectivity index (χ0v) is 20.8. The number of nitrogens with zero attached hydrogens (tertiary/aromatic N) is 3. The molecule has 7 nitrogen and oxygen atoms in total. The van der Waals surface area contributed by atoms with E-state index in [0.717, 1.165) is 21.2 Å². The largest absolute Gasteiger partial charge is 0.300 e. The van der Waals surface area contributed by atoms with E-state index in [2.05, 4.69) is 27.6 Å². The second-order valence-corrected chi connectivity index (χ2v) is 12.2. The van der Waals surface area contributed by atoms with Crippen LogP contribution >= 0.6 is 23.1 Å². The first-order chi connectivity index (χ1) is 15.9. The maximum Gasteiger partial charge on any atom is 0.229 e. The Bertz CT molecular complexity index is 1190. The number of aromatic nitrogens is 2. The first kappa shape index (κ1) is 23.9. The summed E-state index contributed by atoms with van der Waals surface area (Å²) in [7, 11) is -3.41.